The normalized spacial score (nSPS) is 21.8. The molecular formula is C16H19NO4S. The predicted octanol–water partition coefficient (Wildman–Crippen LogP) is 2.39. The quantitative estimate of drug-likeness (QED) is 0.870. The molecule has 1 saturated heterocycles. The number of furan rings is 1. The van der Waals surface area contributed by atoms with E-state index in [1.54, 1.807) is 11.9 Å². The van der Waals surface area contributed by atoms with Crippen LogP contribution in [0.3, 0.4) is 0 Å². The van der Waals surface area contributed by atoms with Gasteiger partial charge in [-0.25, -0.2) is 8.42 Å². The second-order valence-corrected chi connectivity index (χ2v) is 8.14. The third kappa shape index (κ3) is 2.75. The average molecular weight is 321 g/mol. The zero-order valence-electron chi connectivity index (χ0n) is 12.7. The van der Waals surface area contributed by atoms with Crippen LogP contribution in [-0.2, 0) is 14.6 Å². The molecule has 0 bridgehead atoms. The number of fused-ring (bicyclic) bond motifs is 1. The molecule has 0 N–H and O–H groups in total. The minimum absolute atomic E-state index is 0.0387. The summed E-state index contributed by atoms with van der Waals surface area (Å²) in [5.41, 5.74) is 0.786. The molecule has 0 spiro atoms. The monoisotopic (exact) mass is 321 g/mol. The summed E-state index contributed by atoms with van der Waals surface area (Å²) in [6.07, 6.45) is 0.415. The van der Waals surface area contributed by atoms with E-state index in [2.05, 4.69) is 0 Å². The molecule has 1 amide bonds. The van der Waals surface area contributed by atoms with Gasteiger partial charge in [0.1, 0.15) is 11.3 Å². The number of benzene rings is 1. The molecule has 5 nitrogen and oxygen atoms in total. The van der Waals surface area contributed by atoms with Crippen LogP contribution in [0.1, 0.15) is 25.1 Å². The molecule has 2 aromatic rings. The van der Waals surface area contributed by atoms with E-state index in [0.717, 1.165) is 11.0 Å². The van der Waals surface area contributed by atoms with Crippen molar-refractivity contribution in [2.24, 2.45) is 5.92 Å². The van der Waals surface area contributed by atoms with E-state index >= 15 is 0 Å². The van der Waals surface area contributed by atoms with Gasteiger partial charge in [-0.15, -0.1) is 0 Å². The van der Waals surface area contributed by atoms with Gasteiger partial charge in [0.05, 0.1) is 23.5 Å². The van der Waals surface area contributed by atoms with Crippen LogP contribution in [0.15, 0.2) is 34.7 Å². The molecule has 1 aliphatic rings. The van der Waals surface area contributed by atoms with E-state index in [9.17, 15) is 13.2 Å². The van der Waals surface area contributed by atoms with Crippen LogP contribution in [-0.4, -0.2) is 37.8 Å². The summed E-state index contributed by atoms with van der Waals surface area (Å²) < 4.78 is 28.9. The minimum Gasteiger partial charge on any atom is -0.459 e. The lowest BCUT2D eigenvalue weighted by molar-refractivity contribution is -0.135. The molecule has 0 radical (unpaired) electrons. The number of para-hydroxylation sites is 1. The van der Waals surface area contributed by atoms with E-state index in [0.29, 0.717) is 12.2 Å². The number of hydrogen-bond acceptors (Lipinski definition) is 4. The maximum atomic E-state index is 12.5. The van der Waals surface area contributed by atoms with Crippen molar-refractivity contribution in [2.75, 3.05) is 18.6 Å². The van der Waals surface area contributed by atoms with Crippen LogP contribution < -0.4 is 0 Å². The molecular weight excluding hydrogens is 302 g/mol. The third-order valence-electron chi connectivity index (χ3n) is 4.37. The Labute approximate surface area is 129 Å². The second-order valence-electron chi connectivity index (χ2n) is 5.91. The van der Waals surface area contributed by atoms with Gasteiger partial charge in [0.25, 0.3) is 0 Å². The molecule has 6 heteroatoms. The van der Waals surface area contributed by atoms with E-state index in [1.165, 1.54) is 0 Å². The van der Waals surface area contributed by atoms with Gasteiger partial charge in [0.15, 0.2) is 9.84 Å². The van der Waals surface area contributed by atoms with E-state index < -0.39 is 15.8 Å². The van der Waals surface area contributed by atoms with Crippen LogP contribution >= 0.6 is 0 Å². The fourth-order valence-corrected chi connectivity index (χ4v) is 4.60. The summed E-state index contributed by atoms with van der Waals surface area (Å²) in [6, 6.07) is 9.37. The van der Waals surface area contributed by atoms with Crippen molar-refractivity contribution in [2.45, 2.75) is 19.4 Å². The highest BCUT2D eigenvalue weighted by Gasteiger charge is 2.36. The molecule has 0 aliphatic carbocycles. The molecule has 118 valence electrons. The largest absolute Gasteiger partial charge is 0.459 e. The fourth-order valence-electron chi connectivity index (χ4n) is 2.87. The number of carbonyl (C=O) groups is 1. The van der Waals surface area contributed by atoms with Crippen molar-refractivity contribution in [3.05, 3.63) is 36.1 Å². The first-order chi connectivity index (χ1) is 10.4. The first-order valence-corrected chi connectivity index (χ1v) is 9.15. The SMILES string of the molecule is C[C@@H](c1cc2ccccc2o1)N(C)C(=O)[C@@H]1CCS(=O)(=O)C1. The number of sulfone groups is 1. The number of nitrogens with zero attached hydrogens (tertiary/aromatic N) is 1. The van der Waals surface area contributed by atoms with Crippen molar-refractivity contribution in [3.8, 4) is 0 Å². The molecule has 2 heterocycles. The molecule has 0 saturated carbocycles. The van der Waals surface area contributed by atoms with Crippen LogP contribution in [0.4, 0.5) is 0 Å². The van der Waals surface area contributed by atoms with Crippen LogP contribution in [0.2, 0.25) is 0 Å². The Bertz CT molecular complexity index is 775. The van der Waals surface area contributed by atoms with E-state index in [1.807, 2.05) is 37.3 Å². The molecule has 3 rings (SSSR count). The summed E-state index contributed by atoms with van der Waals surface area (Å²) in [4.78, 5) is 14.1. The summed E-state index contributed by atoms with van der Waals surface area (Å²) in [7, 11) is -1.36. The molecule has 1 aliphatic heterocycles. The van der Waals surface area contributed by atoms with Crippen molar-refractivity contribution in [3.63, 3.8) is 0 Å². The lowest BCUT2D eigenvalue weighted by atomic mass is 10.1. The summed E-state index contributed by atoms with van der Waals surface area (Å²) in [5, 5.41) is 0.994. The first-order valence-electron chi connectivity index (χ1n) is 7.33. The molecule has 2 atom stereocenters. The summed E-state index contributed by atoms with van der Waals surface area (Å²) in [5.74, 6) is 0.216. The Hall–Kier alpha value is -1.82. The average Bonchev–Trinajstić information content (AvgIpc) is 3.07. The fraction of sp³-hybridized carbons (Fsp3) is 0.438. The maximum Gasteiger partial charge on any atom is 0.227 e. The van der Waals surface area contributed by atoms with Gasteiger partial charge in [-0.05, 0) is 25.5 Å². The predicted molar refractivity (Wildman–Crippen MR) is 84.2 cm³/mol. The lowest BCUT2D eigenvalue weighted by Gasteiger charge is -2.25. The Kier molecular flexibility index (Phi) is 3.72. The van der Waals surface area contributed by atoms with E-state index in [4.69, 9.17) is 4.42 Å². The van der Waals surface area contributed by atoms with E-state index in [-0.39, 0.29) is 23.5 Å². The standard InChI is InChI=1S/C16H19NO4S/c1-11(15-9-12-5-3-4-6-14(12)21-15)17(2)16(18)13-7-8-22(19,20)10-13/h3-6,9,11,13H,7-8,10H2,1-2H3/t11-,13+/m0/s1. The Balaban J connectivity index is 1.79. The zero-order chi connectivity index (χ0) is 15.9. The number of carbonyl (C=O) groups excluding carboxylic acids is 1. The first kappa shape index (κ1) is 15.1. The number of rotatable bonds is 3. The van der Waals surface area contributed by atoms with Gasteiger partial charge in [0, 0.05) is 12.4 Å². The molecule has 22 heavy (non-hydrogen) atoms. The summed E-state index contributed by atoms with van der Waals surface area (Å²) >= 11 is 0. The van der Waals surface area contributed by atoms with Gasteiger partial charge in [-0.1, -0.05) is 18.2 Å². The molecule has 1 aromatic carbocycles. The Morgan fingerprint density at radius 3 is 2.73 bits per heavy atom. The number of hydrogen-bond donors (Lipinski definition) is 0. The molecule has 1 fully saturated rings. The maximum absolute atomic E-state index is 12.5. The van der Waals surface area contributed by atoms with Gasteiger partial charge in [-0.3, -0.25) is 4.79 Å². The van der Waals surface area contributed by atoms with Gasteiger partial charge in [0.2, 0.25) is 5.91 Å². The van der Waals surface area contributed by atoms with Crippen LogP contribution in [0.5, 0.6) is 0 Å². The van der Waals surface area contributed by atoms with Crippen molar-refractivity contribution in [1.82, 2.24) is 4.90 Å². The molecule has 1 aromatic heterocycles. The molecule has 0 unspecified atom stereocenters. The van der Waals surface area contributed by atoms with Crippen LogP contribution in [0, 0.1) is 5.92 Å². The van der Waals surface area contributed by atoms with Gasteiger partial charge in [-0.2, -0.15) is 0 Å². The summed E-state index contributed by atoms with van der Waals surface area (Å²) in [6.45, 7) is 1.89. The van der Waals surface area contributed by atoms with Gasteiger partial charge < -0.3 is 9.32 Å². The van der Waals surface area contributed by atoms with Crippen molar-refractivity contribution < 1.29 is 17.6 Å². The third-order valence-corrected chi connectivity index (χ3v) is 6.13. The van der Waals surface area contributed by atoms with Crippen LogP contribution in [0.25, 0.3) is 11.0 Å². The van der Waals surface area contributed by atoms with Gasteiger partial charge >= 0.3 is 0 Å². The Morgan fingerprint density at radius 2 is 2.09 bits per heavy atom. The number of amides is 1. The topological polar surface area (TPSA) is 67.6 Å². The highest BCUT2D eigenvalue weighted by molar-refractivity contribution is 7.91. The highest BCUT2D eigenvalue weighted by Crippen LogP contribution is 2.29. The highest BCUT2D eigenvalue weighted by atomic mass is 32.2. The van der Waals surface area contributed by atoms with Crippen molar-refractivity contribution >= 4 is 26.7 Å². The van der Waals surface area contributed by atoms with Crippen molar-refractivity contribution in [1.29, 1.82) is 0 Å². The lowest BCUT2D eigenvalue weighted by Crippen LogP contribution is -2.35. The second kappa shape index (κ2) is 5.43. The smallest absolute Gasteiger partial charge is 0.227 e. The zero-order valence-corrected chi connectivity index (χ0v) is 13.5. The Morgan fingerprint density at radius 1 is 1.36 bits per heavy atom. The minimum atomic E-state index is -3.06.